The first kappa shape index (κ1) is 20.5. The third-order valence-electron chi connectivity index (χ3n) is 4.29. The average Bonchev–Trinajstić information content (AvgIpc) is 2.72. The molecule has 0 aliphatic heterocycles. The summed E-state index contributed by atoms with van der Waals surface area (Å²) in [5, 5.41) is 1.76. The zero-order valence-corrected chi connectivity index (χ0v) is 16.3. The van der Waals surface area contributed by atoms with Crippen LogP contribution in [0.15, 0.2) is 71.6 Å². The van der Waals surface area contributed by atoms with Crippen molar-refractivity contribution < 1.29 is 22.7 Å². The fraction of sp³-hybridized carbons (Fsp3) is 0.143. The molecule has 8 heteroatoms. The molecular formula is C21H20N2O5S. The van der Waals surface area contributed by atoms with Gasteiger partial charge in [-0.05, 0) is 40.6 Å². The number of carbonyl (C=O) groups excluding carboxylic acids is 2. The van der Waals surface area contributed by atoms with Gasteiger partial charge in [0.05, 0.1) is 11.3 Å². The maximum atomic E-state index is 12.4. The van der Waals surface area contributed by atoms with E-state index >= 15 is 0 Å². The van der Waals surface area contributed by atoms with Crippen molar-refractivity contribution in [2.24, 2.45) is 5.73 Å². The van der Waals surface area contributed by atoms with Gasteiger partial charge in [0.1, 0.15) is 6.61 Å². The molecule has 3 N–H and O–H groups in total. The minimum absolute atomic E-state index is 0.0231. The van der Waals surface area contributed by atoms with Crippen LogP contribution >= 0.6 is 0 Å². The number of nitrogens with one attached hydrogen (secondary N) is 1. The van der Waals surface area contributed by atoms with E-state index in [1.165, 1.54) is 6.07 Å². The highest BCUT2D eigenvalue weighted by Crippen LogP contribution is 2.18. The summed E-state index contributed by atoms with van der Waals surface area (Å²) in [6.45, 7) is -0.0517. The van der Waals surface area contributed by atoms with Crippen LogP contribution in [0.3, 0.4) is 0 Å². The van der Waals surface area contributed by atoms with E-state index in [9.17, 15) is 18.0 Å². The van der Waals surface area contributed by atoms with Crippen molar-refractivity contribution in [3.63, 3.8) is 0 Å². The summed E-state index contributed by atoms with van der Waals surface area (Å²) < 4.78 is 32.4. The summed E-state index contributed by atoms with van der Waals surface area (Å²) in [6, 6.07) is 18.7. The third kappa shape index (κ3) is 5.40. The number of rotatable bonds is 8. The first-order chi connectivity index (χ1) is 13.8. The molecule has 150 valence electrons. The van der Waals surface area contributed by atoms with Crippen LogP contribution < -0.4 is 10.5 Å². The molecule has 29 heavy (non-hydrogen) atoms. The Hall–Kier alpha value is -3.23. The number of hydrogen-bond acceptors (Lipinski definition) is 5. The molecule has 0 spiro atoms. The number of esters is 1. The highest BCUT2D eigenvalue weighted by Gasteiger charge is 2.15. The summed E-state index contributed by atoms with van der Waals surface area (Å²) in [4.78, 5) is 23.0. The second-order valence-corrected chi connectivity index (χ2v) is 8.15. The van der Waals surface area contributed by atoms with E-state index in [2.05, 4.69) is 4.72 Å². The van der Waals surface area contributed by atoms with E-state index in [0.29, 0.717) is 11.1 Å². The summed E-state index contributed by atoms with van der Waals surface area (Å²) in [5.41, 5.74) is 6.22. The molecule has 7 nitrogen and oxygen atoms in total. The molecule has 0 atom stereocenters. The Kier molecular flexibility index (Phi) is 6.26. The van der Waals surface area contributed by atoms with Crippen LogP contribution in [-0.2, 0) is 26.2 Å². The van der Waals surface area contributed by atoms with E-state index in [-0.39, 0.29) is 24.5 Å². The maximum Gasteiger partial charge on any atom is 0.307 e. The molecule has 0 saturated heterocycles. The van der Waals surface area contributed by atoms with Crippen molar-refractivity contribution in [3.8, 4) is 0 Å². The molecule has 0 aliphatic rings. The molecule has 0 aliphatic carbocycles. The van der Waals surface area contributed by atoms with Crippen LogP contribution in [0, 0.1) is 0 Å². The van der Waals surface area contributed by atoms with Crippen molar-refractivity contribution in [3.05, 3.63) is 77.9 Å². The van der Waals surface area contributed by atoms with Crippen LogP contribution in [0.4, 0.5) is 0 Å². The quantitative estimate of drug-likeness (QED) is 0.551. The van der Waals surface area contributed by atoms with Crippen LogP contribution in [-0.4, -0.2) is 26.8 Å². The predicted molar refractivity (Wildman–Crippen MR) is 109 cm³/mol. The van der Waals surface area contributed by atoms with Gasteiger partial charge in [0.2, 0.25) is 15.9 Å². The van der Waals surface area contributed by atoms with Gasteiger partial charge >= 0.3 is 5.97 Å². The van der Waals surface area contributed by atoms with Crippen molar-refractivity contribution in [2.75, 3.05) is 6.54 Å². The molecule has 3 aromatic carbocycles. The van der Waals surface area contributed by atoms with Gasteiger partial charge in [-0.3, -0.25) is 9.59 Å². The average molecular weight is 412 g/mol. The van der Waals surface area contributed by atoms with Crippen molar-refractivity contribution in [2.45, 2.75) is 17.9 Å². The Labute approximate surface area is 168 Å². The van der Waals surface area contributed by atoms with Gasteiger partial charge in [-0.1, -0.05) is 42.5 Å². The number of sulfonamides is 1. The summed E-state index contributed by atoms with van der Waals surface area (Å²) in [5.74, 6) is -1.07. The molecule has 1 amide bonds. The molecular weight excluding hydrogens is 392 g/mol. The highest BCUT2D eigenvalue weighted by molar-refractivity contribution is 7.89. The first-order valence-electron chi connectivity index (χ1n) is 8.88. The second kappa shape index (κ2) is 8.85. The normalized spacial score (nSPS) is 11.3. The number of primary amides is 1. The monoisotopic (exact) mass is 412 g/mol. The molecule has 0 fully saturated rings. The molecule has 0 radical (unpaired) electrons. The molecule has 3 rings (SSSR count). The van der Waals surface area contributed by atoms with E-state index in [4.69, 9.17) is 10.5 Å². The van der Waals surface area contributed by atoms with E-state index < -0.39 is 21.9 Å². The SMILES string of the molecule is NC(=O)c1ccc(COC(=O)CCNS(=O)(=O)c2ccc3ccccc3c2)cc1. The van der Waals surface area contributed by atoms with Gasteiger partial charge in [-0.2, -0.15) is 0 Å². The fourth-order valence-electron chi connectivity index (χ4n) is 2.71. The van der Waals surface area contributed by atoms with Gasteiger partial charge < -0.3 is 10.5 Å². The maximum absolute atomic E-state index is 12.4. The number of hydrogen-bond donors (Lipinski definition) is 2. The van der Waals surface area contributed by atoms with Gasteiger partial charge in [0.15, 0.2) is 0 Å². The number of nitrogens with two attached hydrogens (primary N) is 1. The predicted octanol–water partition coefficient (Wildman–Crippen LogP) is 2.35. The standard InChI is InChI=1S/C21H20N2O5S/c22-21(25)17-7-5-15(6-8-17)14-28-20(24)11-12-23-29(26,27)19-10-9-16-3-1-2-4-18(16)13-19/h1-10,13,23H,11-12,14H2,(H2,22,25). The van der Waals surface area contributed by atoms with Crippen LogP contribution in [0.1, 0.15) is 22.3 Å². The Bertz CT molecular complexity index is 1140. The number of benzene rings is 3. The zero-order valence-electron chi connectivity index (χ0n) is 15.5. The largest absolute Gasteiger partial charge is 0.461 e. The lowest BCUT2D eigenvalue weighted by atomic mass is 10.1. The number of fused-ring (bicyclic) bond motifs is 1. The summed E-state index contributed by atoms with van der Waals surface area (Å²) in [7, 11) is -3.73. The molecule has 0 aromatic heterocycles. The molecule has 0 saturated carbocycles. The van der Waals surface area contributed by atoms with Crippen molar-refractivity contribution in [1.82, 2.24) is 4.72 Å². The Morgan fingerprint density at radius 3 is 2.31 bits per heavy atom. The minimum Gasteiger partial charge on any atom is -0.461 e. The van der Waals surface area contributed by atoms with E-state index in [1.54, 1.807) is 36.4 Å². The van der Waals surface area contributed by atoms with Gasteiger partial charge in [0, 0.05) is 12.1 Å². The zero-order chi connectivity index (χ0) is 20.9. The molecule has 0 heterocycles. The lowest BCUT2D eigenvalue weighted by Crippen LogP contribution is -2.26. The van der Waals surface area contributed by atoms with Gasteiger partial charge in [-0.15, -0.1) is 0 Å². The van der Waals surface area contributed by atoms with E-state index in [1.807, 2.05) is 24.3 Å². The summed E-state index contributed by atoms with van der Waals surface area (Å²) >= 11 is 0. The minimum atomic E-state index is -3.73. The van der Waals surface area contributed by atoms with Crippen LogP contribution in [0.2, 0.25) is 0 Å². The molecule has 3 aromatic rings. The topological polar surface area (TPSA) is 116 Å². The van der Waals surface area contributed by atoms with E-state index in [0.717, 1.165) is 10.8 Å². The van der Waals surface area contributed by atoms with Crippen molar-refractivity contribution >= 4 is 32.7 Å². The Balaban J connectivity index is 1.50. The van der Waals surface area contributed by atoms with Crippen LogP contribution in [0.25, 0.3) is 10.8 Å². The molecule has 0 unspecified atom stereocenters. The third-order valence-corrected chi connectivity index (χ3v) is 5.75. The number of amides is 1. The number of ether oxygens (including phenoxy) is 1. The Morgan fingerprint density at radius 2 is 1.62 bits per heavy atom. The van der Waals surface area contributed by atoms with Gasteiger partial charge in [0.25, 0.3) is 0 Å². The smallest absolute Gasteiger partial charge is 0.307 e. The lowest BCUT2D eigenvalue weighted by Gasteiger charge is -2.08. The lowest BCUT2D eigenvalue weighted by molar-refractivity contribution is -0.144. The van der Waals surface area contributed by atoms with Gasteiger partial charge in [-0.25, -0.2) is 13.1 Å². The van der Waals surface area contributed by atoms with Crippen molar-refractivity contribution in [1.29, 1.82) is 0 Å². The fourth-order valence-corrected chi connectivity index (χ4v) is 3.77. The first-order valence-corrected chi connectivity index (χ1v) is 10.4. The summed E-state index contributed by atoms with van der Waals surface area (Å²) in [6.07, 6.45) is -0.105. The highest BCUT2D eigenvalue weighted by atomic mass is 32.2. The number of carbonyl (C=O) groups is 2. The second-order valence-electron chi connectivity index (χ2n) is 6.38. The molecule has 0 bridgehead atoms. The Morgan fingerprint density at radius 1 is 0.931 bits per heavy atom. The van der Waals surface area contributed by atoms with Crippen LogP contribution in [0.5, 0.6) is 0 Å².